The first kappa shape index (κ1) is 21.0. The van der Waals surface area contributed by atoms with Crippen molar-refractivity contribution in [3.05, 3.63) is 88.6 Å². The van der Waals surface area contributed by atoms with Crippen molar-refractivity contribution < 1.29 is 4.79 Å². The highest BCUT2D eigenvalue weighted by molar-refractivity contribution is 7.80. The van der Waals surface area contributed by atoms with Crippen LogP contribution in [0.3, 0.4) is 0 Å². The van der Waals surface area contributed by atoms with E-state index in [0.29, 0.717) is 16.6 Å². The van der Waals surface area contributed by atoms with Crippen molar-refractivity contribution >= 4 is 52.1 Å². The number of rotatable bonds is 3. The van der Waals surface area contributed by atoms with E-state index in [1.807, 2.05) is 61.5 Å². The number of carbonyl (C=O) groups excluding carboxylic acids is 1. The number of aliphatic imine (C=N–C) groups is 1. The molecule has 0 spiro atoms. The summed E-state index contributed by atoms with van der Waals surface area (Å²) in [5.74, 6) is 0.343. The van der Waals surface area contributed by atoms with Gasteiger partial charge in [0, 0.05) is 29.4 Å². The van der Waals surface area contributed by atoms with Crippen LogP contribution in [-0.2, 0) is 4.79 Å². The number of benzodiazepines with no additional fused rings is 1. The third-order valence-corrected chi connectivity index (χ3v) is 5.32. The predicted molar refractivity (Wildman–Crippen MR) is 129 cm³/mol. The van der Waals surface area contributed by atoms with Crippen LogP contribution in [0.2, 0.25) is 5.02 Å². The van der Waals surface area contributed by atoms with Crippen molar-refractivity contribution in [1.29, 1.82) is 0 Å². The molecule has 2 heterocycles. The predicted octanol–water partition coefficient (Wildman–Crippen LogP) is 4.17. The van der Waals surface area contributed by atoms with E-state index in [1.165, 1.54) is 0 Å². The maximum absolute atomic E-state index is 13.2. The van der Waals surface area contributed by atoms with Crippen molar-refractivity contribution in [2.24, 2.45) is 4.99 Å². The lowest BCUT2D eigenvalue weighted by Gasteiger charge is -2.21. The van der Waals surface area contributed by atoms with Gasteiger partial charge in [0.15, 0.2) is 5.11 Å². The molecule has 0 aliphatic carbocycles. The fourth-order valence-corrected chi connectivity index (χ4v) is 3.67. The molecule has 1 aliphatic heterocycles. The third-order valence-electron chi connectivity index (χ3n) is 4.87. The first-order chi connectivity index (χ1) is 14.9. The van der Waals surface area contributed by atoms with E-state index in [9.17, 15) is 4.79 Å². The summed E-state index contributed by atoms with van der Waals surface area (Å²) in [4.78, 5) is 23.8. The van der Waals surface area contributed by atoms with Gasteiger partial charge in [0.25, 0.3) is 5.91 Å². The molecule has 0 saturated heterocycles. The van der Waals surface area contributed by atoms with Crippen molar-refractivity contribution in [2.45, 2.75) is 13.1 Å². The van der Waals surface area contributed by atoms with E-state index < -0.39 is 6.17 Å². The Kier molecular flexibility index (Phi) is 5.97. The molecule has 0 radical (unpaired) electrons. The number of thiocarbonyl (C=S) groups is 1. The Morgan fingerprint density at radius 2 is 1.90 bits per heavy atom. The smallest absolute Gasteiger partial charge is 0.272 e. The second kappa shape index (κ2) is 8.83. The minimum Gasteiger partial charge on any atom is -0.333 e. The summed E-state index contributed by atoms with van der Waals surface area (Å²) in [5.41, 5.74) is 4.07. The zero-order valence-corrected chi connectivity index (χ0v) is 18.5. The van der Waals surface area contributed by atoms with Crippen molar-refractivity contribution in [1.82, 2.24) is 10.3 Å². The highest BCUT2D eigenvalue weighted by atomic mass is 35.5. The Morgan fingerprint density at radius 1 is 1.13 bits per heavy atom. The lowest BCUT2D eigenvalue weighted by molar-refractivity contribution is -0.119. The number of hydrogen-bond donors (Lipinski definition) is 2. The van der Waals surface area contributed by atoms with Gasteiger partial charge in [-0.3, -0.25) is 4.79 Å². The van der Waals surface area contributed by atoms with E-state index >= 15 is 0 Å². The van der Waals surface area contributed by atoms with Crippen molar-refractivity contribution in [3.8, 4) is 0 Å². The largest absolute Gasteiger partial charge is 0.333 e. The van der Waals surface area contributed by atoms with Gasteiger partial charge in [0.05, 0.1) is 11.4 Å². The molecule has 8 heteroatoms. The van der Waals surface area contributed by atoms with E-state index in [2.05, 4.69) is 15.6 Å². The number of fused-ring (bicyclic) bond motifs is 1. The number of carbonyl (C=O) groups is 1. The van der Waals surface area contributed by atoms with Gasteiger partial charge in [-0.25, -0.2) is 9.98 Å². The van der Waals surface area contributed by atoms with Crippen LogP contribution in [0.25, 0.3) is 0 Å². The van der Waals surface area contributed by atoms with Crippen LogP contribution in [0.4, 0.5) is 11.5 Å². The fraction of sp³-hybridized carbons (Fsp3) is 0.130. The number of benzene rings is 2. The molecule has 4 rings (SSSR count). The molecule has 2 aromatic carbocycles. The van der Waals surface area contributed by atoms with Crippen LogP contribution in [0.15, 0.2) is 71.9 Å². The number of nitrogens with zero attached hydrogens (tertiary/aromatic N) is 3. The minimum absolute atomic E-state index is 0.240. The van der Waals surface area contributed by atoms with Crippen LogP contribution in [0, 0.1) is 6.92 Å². The van der Waals surface area contributed by atoms with Gasteiger partial charge < -0.3 is 15.5 Å². The number of nitrogens with one attached hydrogen (secondary N) is 2. The molecule has 0 bridgehead atoms. The monoisotopic (exact) mass is 449 g/mol. The maximum Gasteiger partial charge on any atom is 0.272 e. The minimum atomic E-state index is -0.920. The molecule has 31 heavy (non-hydrogen) atoms. The number of halogens is 1. The molecule has 3 aromatic rings. The molecule has 1 amide bonds. The molecule has 6 nitrogen and oxygen atoms in total. The number of hydrogen-bond acceptors (Lipinski definition) is 4. The van der Waals surface area contributed by atoms with Crippen molar-refractivity contribution in [2.75, 3.05) is 17.3 Å². The average molecular weight is 450 g/mol. The number of aryl methyl sites for hydroxylation is 1. The number of aromatic nitrogens is 1. The van der Waals surface area contributed by atoms with Gasteiger partial charge in [-0.05, 0) is 49.0 Å². The van der Waals surface area contributed by atoms with Crippen LogP contribution >= 0.6 is 23.8 Å². The number of likely N-dealkylation sites (N-methyl/N-ethyl adjacent to an activating group) is 1. The Hall–Kier alpha value is -3.29. The lowest BCUT2D eigenvalue weighted by atomic mass is 10.0. The molecule has 0 saturated carbocycles. The standard InChI is InChI=1S/C23H20ClN5OS/c1-14-8-11-19(25-13-14)26-23(31)28-21-22(30)29(2)18-10-9-16(24)12-17(18)20(27-21)15-6-4-3-5-7-15/h3-13,21H,1-2H3,(H2,25,26,28,31). The zero-order chi connectivity index (χ0) is 22.0. The molecule has 156 valence electrons. The summed E-state index contributed by atoms with van der Waals surface area (Å²) in [6.45, 7) is 1.96. The summed E-state index contributed by atoms with van der Waals surface area (Å²) in [6, 6.07) is 18.8. The molecule has 1 aliphatic rings. The van der Waals surface area contributed by atoms with Gasteiger partial charge in [-0.15, -0.1) is 0 Å². The van der Waals surface area contributed by atoms with E-state index in [0.717, 1.165) is 22.4 Å². The number of amides is 1. The van der Waals surface area contributed by atoms with Crippen LogP contribution in [0.5, 0.6) is 0 Å². The second-order valence-electron chi connectivity index (χ2n) is 7.12. The average Bonchev–Trinajstić information content (AvgIpc) is 2.86. The summed E-state index contributed by atoms with van der Waals surface area (Å²) in [7, 11) is 1.71. The fourth-order valence-electron chi connectivity index (χ4n) is 3.28. The van der Waals surface area contributed by atoms with Crippen LogP contribution < -0.4 is 15.5 Å². The maximum atomic E-state index is 13.2. The normalized spacial score (nSPS) is 15.6. The highest BCUT2D eigenvalue weighted by Gasteiger charge is 2.30. The summed E-state index contributed by atoms with van der Waals surface area (Å²) in [5, 5.41) is 6.85. The van der Waals surface area contributed by atoms with Crippen LogP contribution in [0.1, 0.15) is 16.7 Å². The molecule has 1 unspecified atom stereocenters. The molecule has 1 aromatic heterocycles. The SMILES string of the molecule is Cc1ccc(NC(=S)NC2N=C(c3ccccc3)c3cc(Cl)ccc3N(C)C2=O)nc1. The first-order valence-electron chi connectivity index (χ1n) is 9.63. The Morgan fingerprint density at radius 3 is 2.61 bits per heavy atom. The Balaban J connectivity index is 1.70. The van der Waals surface area contributed by atoms with Gasteiger partial charge >= 0.3 is 0 Å². The third kappa shape index (κ3) is 4.57. The van der Waals surface area contributed by atoms with Crippen molar-refractivity contribution in [3.63, 3.8) is 0 Å². The van der Waals surface area contributed by atoms with Gasteiger partial charge in [-0.2, -0.15) is 0 Å². The highest BCUT2D eigenvalue weighted by Crippen LogP contribution is 2.29. The molecular formula is C23H20ClN5OS. The van der Waals surface area contributed by atoms with E-state index in [1.54, 1.807) is 24.2 Å². The van der Waals surface area contributed by atoms with E-state index in [-0.39, 0.29) is 11.0 Å². The van der Waals surface area contributed by atoms with Crippen LogP contribution in [-0.4, -0.2) is 34.9 Å². The Labute approximate surface area is 191 Å². The Bertz CT molecular complexity index is 1160. The van der Waals surface area contributed by atoms with Gasteiger partial charge in [0.1, 0.15) is 5.82 Å². The summed E-state index contributed by atoms with van der Waals surface area (Å²) >= 11 is 11.7. The number of anilines is 2. The molecular weight excluding hydrogens is 430 g/mol. The first-order valence-corrected chi connectivity index (χ1v) is 10.4. The quantitative estimate of drug-likeness (QED) is 0.587. The lowest BCUT2D eigenvalue weighted by Crippen LogP contribution is -2.47. The summed E-state index contributed by atoms with van der Waals surface area (Å²) in [6.07, 6.45) is 0.818. The van der Waals surface area contributed by atoms with Gasteiger partial charge in [0.2, 0.25) is 6.17 Å². The zero-order valence-electron chi connectivity index (χ0n) is 17.0. The second-order valence-corrected chi connectivity index (χ2v) is 7.97. The molecule has 2 N–H and O–H groups in total. The molecule has 1 atom stereocenters. The van der Waals surface area contributed by atoms with Gasteiger partial charge in [-0.1, -0.05) is 48.0 Å². The summed E-state index contributed by atoms with van der Waals surface area (Å²) < 4.78 is 0. The topological polar surface area (TPSA) is 69.6 Å². The molecule has 0 fully saturated rings. The van der Waals surface area contributed by atoms with E-state index in [4.69, 9.17) is 28.8 Å². The number of pyridine rings is 1.